The fourth-order valence-corrected chi connectivity index (χ4v) is 2.55. The molecule has 1 N–H and O–H groups in total. The van der Waals surface area contributed by atoms with E-state index < -0.39 is 29.0 Å². The SMILES string of the molecule is CC(C)(C)OC(=O)N1CCCC(c2cc(C(F)(F)F)c(=O)[nH]n2)C1. The lowest BCUT2D eigenvalue weighted by Crippen LogP contribution is -2.42. The molecule has 1 aromatic rings. The fourth-order valence-electron chi connectivity index (χ4n) is 2.55. The van der Waals surface area contributed by atoms with E-state index in [1.165, 1.54) is 4.90 Å². The minimum atomic E-state index is -4.75. The molecule has 0 saturated carbocycles. The highest BCUT2D eigenvalue weighted by Gasteiger charge is 2.36. The van der Waals surface area contributed by atoms with Crippen LogP contribution in [0.4, 0.5) is 18.0 Å². The largest absolute Gasteiger partial charge is 0.444 e. The number of rotatable bonds is 1. The van der Waals surface area contributed by atoms with Crippen molar-refractivity contribution < 1.29 is 22.7 Å². The third-order valence-corrected chi connectivity index (χ3v) is 3.62. The molecule has 2 rings (SSSR count). The monoisotopic (exact) mass is 347 g/mol. The maximum absolute atomic E-state index is 12.9. The summed E-state index contributed by atoms with van der Waals surface area (Å²) in [6.45, 7) is 5.90. The van der Waals surface area contributed by atoms with Crippen LogP contribution in [0.3, 0.4) is 0 Å². The first-order chi connectivity index (χ1) is 11.0. The summed E-state index contributed by atoms with van der Waals surface area (Å²) in [7, 11) is 0. The molecule has 1 aliphatic rings. The molecule has 24 heavy (non-hydrogen) atoms. The normalized spacial score (nSPS) is 19.2. The van der Waals surface area contributed by atoms with Gasteiger partial charge in [0.2, 0.25) is 0 Å². The van der Waals surface area contributed by atoms with Crippen LogP contribution >= 0.6 is 0 Å². The Labute approximate surface area is 137 Å². The zero-order valence-electron chi connectivity index (χ0n) is 13.7. The van der Waals surface area contributed by atoms with Crippen LogP contribution in [0.25, 0.3) is 0 Å². The summed E-state index contributed by atoms with van der Waals surface area (Å²) in [4.78, 5) is 24.9. The summed E-state index contributed by atoms with van der Waals surface area (Å²) in [5, 5.41) is 5.62. The van der Waals surface area contributed by atoms with Crippen molar-refractivity contribution >= 4 is 6.09 Å². The summed E-state index contributed by atoms with van der Waals surface area (Å²) >= 11 is 0. The van der Waals surface area contributed by atoms with Gasteiger partial charge in [0.15, 0.2) is 0 Å². The van der Waals surface area contributed by atoms with Crippen molar-refractivity contribution in [2.24, 2.45) is 0 Å². The highest BCUT2D eigenvalue weighted by Crippen LogP contribution is 2.30. The predicted octanol–water partition coefficient (Wildman–Crippen LogP) is 2.90. The molecule has 1 aromatic heterocycles. The molecule has 6 nitrogen and oxygen atoms in total. The van der Waals surface area contributed by atoms with Crippen LogP contribution in [0.15, 0.2) is 10.9 Å². The van der Waals surface area contributed by atoms with E-state index in [0.717, 1.165) is 6.07 Å². The number of hydrogen-bond acceptors (Lipinski definition) is 4. The van der Waals surface area contributed by atoms with E-state index in [-0.39, 0.29) is 18.2 Å². The van der Waals surface area contributed by atoms with E-state index in [2.05, 4.69) is 5.10 Å². The second-order valence-corrected chi connectivity index (χ2v) is 6.80. The quantitative estimate of drug-likeness (QED) is 0.848. The van der Waals surface area contributed by atoms with Crippen molar-refractivity contribution in [1.29, 1.82) is 0 Å². The molecule has 9 heteroatoms. The molecular formula is C15H20F3N3O3. The van der Waals surface area contributed by atoms with Crippen molar-refractivity contribution in [3.05, 3.63) is 27.7 Å². The number of nitrogens with one attached hydrogen (secondary N) is 1. The Morgan fingerprint density at radius 2 is 2.04 bits per heavy atom. The van der Waals surface area contributed by atoms with Gasteiger partial charge in [0.1, 0.15) is 11.2 Å². The number of halogens is 3. The third kappa shape index (κ3) is 4.48. The number of H-pyrrole nitrogens is 1. The predicted molar refractivity (Wildman–Crippen MR) is 79.6 cm³/mol. The molecule has 0 spiro atoms. The molecule has 0 bridgehead atoms. The van der Waals surface area contributed by atoms with Gasteiger partial charge in [0.05, 0.1) is 5.69 Å². The van der Waals surface area contributed by atoms with E-state index in [1.54, 1.807) is 20.8 Å². The van der Waals surface area contributed by atoms with Gasteiger partial charge in [0, 0.05) is 19.0 Å². The van der Waals surface area contributed by atoms with E-state index in [0.29, 0.717) is 19.4 Å². The Balaban J connectivity index is 2.18. The summed E-state index contributed by atoms with van der Waals surface area (Å²) in [6, 6.07) is 0.766. The van der Waals surface area contributed by atoms with Crippen LogP contribution in [0, 0.1) is 0 Å². The number of nitrogens with zero attached hydrogens (tertiary/aromatic N) is 2. The van der Waals surface area contributed by atoms with Crippen LogP contribution in [-0.4, -0.2) is 39.9 Å². The first kappa shape index (κ1) is 18.3. The number of aromatic amines is 1. The molecule has 1 amide bonds. The summed E-state index contributed by atoms with van der Waals surface area (Å²) < 4.78 is 43.9. The Hall–Kier alpha value is -2.06. The van der Waals surface area contributed by atoms with E-state index in [9.17, 15) is 22.8 Å². The minimum absolute atomic E-state index is 0.121. The lowest BCUT2D eigenvalue weighted by Gasteiger charge is -2.33. The standard InChI is InChI=1S/C15H20F3N3O3/c1-14(2,3)24-13(23)21-6-4-5-9(8-21)11-7-10(15(16,17)18)12(22)20-19-11/h7,9H,4-6,8H2,1-3H3,(H,20,22). The summed E-state index contributed by atoms with van der Waals surface area (Å²) in [6.07, 6.45) is -4.06. The lowest BCUT2D eigenvalue weighted by atomic mass is 9.94. The van der Waals surface area contributed by atoms with Crippen molar-refractivity contribution in [3.8, 4) is 0 Å². The van der Waals surface area contributed by atoms with Gasteiger partial charge in [-0.05, 0) is 39.7 Å². The molecule has 1 atom stereocenters. The number of alkyl halides is 3. The fraction of sp³-hybridized carbons (Fsp3) is 0.667. The average molecular weight is 347 g/mol. The van der Waals surface area contributed by atoms with Gasteiger partial charge in [-0.1, -0.05) is 0 Å². The molecule has 1 fully saturated rings. The van der Waals surface area contributed by atoms with E-state index in [1.807, 2.05) is 5.10 Å². The summed E-state index contributed by atoms with van der Waals surface area (Å²) in [5.41, 5.74) is -3.08. The first-order valence-corrected chi connectivity index (χ1v) is 7.62. The first-order valence-electron chi connectivity index (χ1n) is 7.62. The topological polar surface area (TPSA) is 75.3 Å². The van der Waals surface area contributed by atoms with Crippen molar-refractivity contribution in [2.45, 2.75) is 51.3 Å². The number of hydrogen-bond donors (Lipinski definition) is 1. The number of carbonyl (C=O) groups is 1. The maximum atomic E-state index is 12.9. The Kier molecular flexibility index (Phi) is 4.91. The van der Waals surface area contributed by atoms with Crippen LogP contribution in [0.2, 0.25) is 0 Å². The van der Waals surface area contributed by atoms with Gasteiger partial charge in [-0.3, -0.25) is 4.79 Å². The van der Waals surface area contributed by atoms with Gasteiger partial charge in [-0.15, -0.1) is 0 Å². The molecule has 1 saturated heterocycles. The number of amides is 1. The molecule has 2 heterocycles. The molecular weight excluding hydrogens is 327 g/mol. The van der Waals surface area contributed by atoms with Crippen LogP contribution < -0.4 is 5.56 Å². The molecule has 1 unspecified atom stereocenters. The van der Waals surface area contributed by atoms with Crippen molar-refractivity contribution in [1.82, 2.24) is 15.1 Å². The maximum Gasteiger partial charge on any atom is 0.421 e. The van der Waals surface area contributed by atoms with Crippen LogP contribution in [0.1, 0.15) is 50.8 Å². The van der Waals surface area contributed by atoms with Crippen LogP contribution in [0.5, 0.6) is 0 Å². The van der Waals surface area contributed by atoms with Gasteiger partial charge in [-0.2, -0.15) is 18.3 Å². The average Bonchev–Trinajstić information content (AvgIpc) is 2.45. The Bertz CT molecular complexity index is 664. The van der Waals surface area contributed by atoms with Gasteiger partial charge < -0.3 is 9.64 Å². The number of piperidine rings is 1. The second kappa shape index (κ2) is 6.45. The Morgan fingerprint density at radius 1 is 1.38 bits per heavy atom. The summed E-state index contributed by atoms with van der Waals surface area (Å²) in [5.74, 6) is -0.385. The number of carbonyl (C=O) groups excluding carboxylic acids is 1. The highest BCUT2D eigenvalue weighted by molar-refractivity contribution is 5.68. The molecule has 0 radical (unpaired) electrons. The molecule has 0 aromatic carbocycles. The minimum Gasteiger partial charge on any atom is -0.444 e. The third-order valence-electron chi connectivity index (χ3n) is 3.62. The number of ether oxygens (including phenoxy) is 1. The molecule has 0 aliphatic carbocycles. The van der Waals surface area contributed by atoms with E-state index in [4.69, 9.17) is 4.74 Å². The zero-order valence-corrected chi connectivity index (χ0v) is 13.7. The van der Waals surface area contributed by atoms with Gasteiger partial charge in [-0.25, -0.2) is 9.89 Å². The van der Waals surface area contributed by atoms with Crippen molar-refractivity contribution in [3.63, 3.8) is 0 Å². The smallest absolute Gasteiger partial charge is 0.421 e. The lowest BCUT2D eigenvalue weighted by molar-refractivity contribution is -0.138. The molecule has 134 valence electrons. The van der Waals surface area contributed by atoms with E-state index >= 15 is 0 Å². The molecule has 1 aliphatic heterocycles. The zero-order chi connectivity index (χ0) is 18.1. The highest BCUT2D eigenvalue weighted by atomic mass is 19.4. The second-order valence-electron chi connectivity index (χ2n) is 6.80. The van der Waals surface area contributed by atoms with Gasteiger partial charge >= 0.3 is 12.3 Å². The van der Waals surface area contributed by atoms with Crippen molar-refractivity contribution in [2.75, 3.05) is 13.1 Å². The van der Waals surface area contributed by atoms with Gasteiger partial charge in [0.25, 0.3) is 5.56 Å². The van der Waals surface area contributed by atoms with Crippen LogP contribution in [-0.2, 0) is 10.9 Å². The number of likely N-dealkylation sites (tertiary alicyclic amines) is 1. The number of aromatic nitrogens is 2. The Morgan fingerprint density at radius 3 is 2.62 bits per heavy atom.